The number of carbonyl (C=O) groups is 1. The normalized spacial score (nSPS) is 12.4. The molecular weight excluding hydrogens is 310 g/mol. The van der Waals surface area contributed by atoms with Gasteiger partial charge in [0, 0.05) is 36.0 Å². The first-order chi connectivity index (χ1) is 10.1. The van der Waals surface area contributed by atoms with Gasteiger partial charge in [0.2, 0.25) is 5.91 Å². The fraction of sp³-hybridized carbons (Fsp3) is 0.385. The lowest BCUT2D eigenvalue weighted by Gasteiger charge is -2.02. The maximum absolute atomic E-state index is 11.8. The molecule has 0 spiro atoms. The summed E-state index contributed by atoms with van der Waals surface area (Å²) in [6.07, 6.45) is 0.677. The summed E-state index contributed by atoms with van der Waals surface area (Å²) >= 11 is 1.35. The number of nitrogens with zero attached hydrogens (tertiary/aromatic N) is 1. The average Bonchev–Trinajstić information content (AvgIpc) is 2.79. The Kier molecular flexibility index (Phi) is 5.66. The maximum atomic E-state index is 11.8. The first kappa shape index (κ1) is 15.9. The van der Waals surface area contributed by atoms with Gasteiger partial charge in [-0.25, -0.2) is 4.98 Å². The molecule has 1 unspecified atom stereocenters. The summed E-state index contributed by atoms with van der Waals surface area (Å²) in [5, 5.41) is 3.17. The second-order valence-electron chi connectivity index (χ2n) is 4.43. The van der Waals surface area contributed by atoms with Crippen molar-refractivity contribution in [3.63, 3.8) is 0 Å². The van der Waals surface area contributed by atoms with Crippen LogP contribution in [0.25, 0.3) is 10.2 Å². The first-order valence-electron chi connectivity index (χ1n) is 6.38. The molecule has 8 heteroatoms. The van der Waals surface area contributed by atoms with Crippen molar-refractivity contribution in [1.82, 2.24) is 4.98 Å². The van der Waals surface area contributed by atoms with Crippen molar-refractivity contribution in [3.8, 4) is 0 Å². The predicted molar refractivity (Wildman–Crippen MR) is 87.0 cm³/mol. The quantitative estimate of drug-likeness (QED) is 0.595. The molecule has 1 heterocycles. The summed E-state index contributed by atoms with van der Waals surface area (Å²) in [4.78, 5) is 16.1. The monoisotopic (exact) mass is 327 g/mol. The number of thiazole rings is 1. The van der Waals surface area contributed by atoms with Gasteiger partial charge in [-0.15, -0.1) is 0 Å². The van der Waals surface area contributed by atoms with E-state index in [2.05, 4.69) is 10.3 Å². The lowest BCUT2D eigenvalue weighted by molar-refractivity contribution is -0.113. The lowest BCUT2D eigenvalue weighted by Crippen LogP contribution is -2.21. The molecule has 0 saturated carbocycles. The number of ether oxygens (including phenoxy) is 1. The van der Waals surface area contributed by atoms with Gasteiger partial charge in [0.25, 0.3) is 0 Å². The molecule has 0 radical (unpaired) electrons. The molecule has 0 bridgehead atoms. The Morgan fingerprint density at radius 3 is 3.10 bits per heavy atom. The third-order valence-corrected chi connectivity index (χ3v) is 4.93. The fourth-order valence-electron chi connectivity index (χ4n) is 1.73. The van der Waals surface area contributed by atoms with E-state index < -0.39 is 10.8 Å². The summed E-state index contributed by atoms with van der Waals surface area (Å²) in [6, 6.07) is 5.38. The number of nitrogen functional groups attached to an aromatic ring is 1. The molecule has 21 heavy (non-hydrogen) atoms. The Morgan fingerprint density at radius 1 is 1.52 bits per heavy atom. The highest BCUT2D eigenvalue weighted by Gasteiger charge is 2.11. The zero-order valence-corrected chi connectivity index (χ0v) is 13.3. The third-order valence-electron chi connectivity index (χ3n) is 2.67. The first-order valence-corrected chi connectivity index (χ1v) is 8.69. The smallest absolute Gasteiger partial charge is 0.238 e. The lowest BCUT2D eigenvalue weighted by atomic mass is 10.3. The second-order valence-corrected chi connectivity index (χ2v) is 7.04. The van der Waals surface area contributed by atoms with Crippen LogP contribution < -0.4 is 11.1 Å². The van der Waals surface area contributed by atoms with Gasteiger partial charge in [-0.3, -0.25) is 9.00 Å². The SMILES string of the molecule is COCCCS(=O)CC(=O)Nc1nc2ccc(N)cc2s1. The molecule has 0 aliphatic carbocycles. The molecule has 2 aromatic rings. The van der Waals surface area contributed by atoms with Gasteiger partial charge in [-0.05, 0) is 24.6 Å². The number of nitrogens with two attached hydrogens (primary N) is 1. The Morgan fingerprint density at radius 2 is 2.33 bits per heavy atom. The Balaban J connectivity index is 1.90. The molecule has 1 aromatic heterocycles. The molecule has 3 N–H and O–H groups in total. The highest BCUT2D eigenvalue weighted by Crippen LogP contribution is 2.27. The van der Waals surface area contributed by atoms with Crippen molar-refractivity contribution < 1.29 is 13.7 Å². The van der Waals surface area contributed by atoms with E-state index in [1.54, 1.807) is 19.2 Å². The van der Waals surface area contributed by atoms with Gasteiger partial charge >= 0.3 is 0 Å². The number of amides is 1. The molecule has 0 aliphatic rings. The molecule has 1 amide bonds. The number of benzene rings is 1. The van der Waals surface area contributed by atoms with Crippen molar-refractivity contribution >= 4 is 49.1 Å². The van der Waals surface area contributed by atoms with Crippen LogP contribution in [0.3, 0.4) is 0 Å². The van der Waals surface area contributed by atoms with E-state index in [-0.39, 0.29) is 11.7 Å². The van der Waals surface area contributed by atoms with Gasteiger partial charge in [0.05, 0.1) is 10.2 Å². The summed E-state index contributed by atoms with van der Waals surface area (Å²) < 4.78 is 17.5. The standard InChI is InChI=1S/C13H17N3O3S2/c1-19-5-2-6-21(18)8-12(17)16-13-15-10-4-3-9(14)7-11(10)20-13/h3-4,7H,2,5-6,8,14H2,1H3,(H,15,16,17). The minimum absolute atomic E-state index is 0.0260. The summed E-state index contributed by atoms with van der Waals surface area (Å²) in [5.41, 5.74) is 7.14. The number of hydrogen-bond acceptors (Lipinski definition) is 6. The zero-order valence-electron chi connectivity index (χ0n) is 11.6. The summed E-state index contributed by atoms with van der Waals surface area (Å²) in [7, 11) is 0.411. The van der Waals surface area contributed by atoms with Crippen molar-refractivity contribution in [2.75, 3.05) is 36.3 Å². The molecule has 6 nitrogen and oxygen atoms in total. The molecule has 1 aromatic carbocycles. The van der Waals surface area contributed by atoms with Crippen LogP contribution in [-0.4, -0.2) is 40.3 Å². The van der Waals surface area contributed by atoms with E-state index in [4.69, 9.17) is 10.5 Å². The summed E-state index contributed by atoms with van der Waals surface area (Å²) in [6.45, 7) is 0.548. The van der Waals surface area contributed by atoms with Crippen LogP contribution in [0.2, 0.25) is 0 Å². The van der Waals surface area contributed by atoms with Crippen LogP contribution in [0, 0.1) is 0 Å². The molecule has 1 atom stereocenters. The molecule has 114 valence electrons. The van der Waals surface area contributed by atoms with Gasteiger partial charge in [0.15, 0.2) is 5.13 Å². The molecule has 0 saturated heterocycles. The summed E-state index contributed by atoms with van der Waals surface area (Å²) in [5.74, 6) is 0.136. The maximum Gasteiger partial charge on any atom is 0.238 e. The minimum Gasteiger partial charge on any atom is -0.399 e. The number of anilines is 2. The number of carbonyl (C=O) groups excluding carboxylic acids is 1. The molecule has 2 rings (SSSR count). The van der Waals surface area contributed by atoms with Crippen molar-refractivity contribution in [2.24, 2.45) is 0 Å². The van der Waals surface area contributed by atoms with Crippen LogP contribution in [0.5, 0.6) is 0 Å². The van der Waals surface area contributed by atoms with Crippen molar-refractivity contribution in [2.45, 2.75) is 6.42 Å². The van der Waals surface area contributed by atoms with E-state index >= 15 is 0 Å². The fourth-order valence-corrected chi connectivity index (χ4v) is 3.61. The highest BCUT2D eigenvalue weighted by atomic mass is 32.2. The number of rotatable bonds is 7. The van der Waals surface area contributed by atoms with Gasteiger partial charge in [0.1, 0.15) is 5.75 Å². The van der Waals surface area contributed by atoms with Crippen LogP contribution in [-0.2, 0) is 20.3 Å². The van der Waals surface area contributed by atoms with E-state index in [1.807, 2.05) is 6.07 Å². The highest BCUT2D eigenvalue weighted by molar-refractivity contribution is 7.85. The Hall–Kier alpha value is -1.51. The van der Waals surface area contributed by atoms with Gasteiger partial charge in [-0.2, -0.15) is 0 Å². The van der Waals surface area contributed by atoms with E-state index in [1.165, 1.54) is 11.3 Å². The molecule has 0 aliphatic heterocycles. The van der Waals surface area contributed by atoms with Crippen LogP contribution in [0.4, 0.5) is 10.8 Å². The number of fused-ring (bicyclic) bond motifs is 1. The predicted octanol–water partition coefficient (Wildman–Crippen LogP) is 1.60. The Labute approximate surface area is 129 Å². The average molecular weight is 327 g/mol. The van der Waals surface area contributed by atoms with Gasteiger partial charge in [-0.1, -0.05) is 11.3 Å². The number of aromatic nitrogens is 1. The van der Waals surface area contributed by atoms with Crippen LogP contribution in [0.1, 0.15) is 6.42 Å². The third kappa shape index (κ3) is 4.76. The van der Waals surface area contributed by atoms with E-state index in [0.29, 0.717) is 29.6 Å². The topological polar surface area (TPSA) is 94.3 Å². The van der Waals surface area contributed by atoms with Crippen LogP contribution >= 0.6 is 11.3 Å². The largest absolute Gasteiger partial charge is 0.399 e. The van der Waals surface area contributed by atoms with Gasteiger partial charge < -0.3 is 15.8 Å². The van der Waals surface area contributed by atoms with E-state index in [9.17, 15) is 9.00 Å². The van der Waals surface area contributed by atoms with E-state index in [0.717, 1.165) is 10.2 Å². The zero-order chi connectivity index (χ0) is 15.2. The Bertz CT molecular complexity index is 657. The second kappa shape index (κ2) is 7.48. The number of nitrogens with one attached hydrogen (secondary N) is 1. The number of hydrogen-bond donors (Lipinski definition) is 2. The number of methoxy groups -OCH3 is 1. The molecular formula is C13H17N3O3S2. The molecule has 0 fully saturated rings. The van der Waals surface area contributed by atoms with Crippen molar-refractivity contribution in [3.05, 3.63) is 18.2 Å². The minimum atomic E-state index is -1.18. The van der Waals surface area contributed by atoms with Crippen molar-refractivity contribution in [1.29, 1.82) is 0 Å². The van der Waals surface area contributed by atoms with Crippen LogP contribution in [0.15, 0.2) is 18.2 Å².